The number of carboxylic acids is 1. The molecule has 2 unspecified atom stereocenters. The number of aliphatic hydroxyl groups is 3. The summed E-state index contributed by atoms with van der Waals surface area (Å²) in [7, 11) is 0. The van der Waals surface area contributed by atoms with Crippen molar-refractivity contribution in [1.29, 1.82) is 0 Å². The minimum Gasteiger partial charge on any atom is -0.481 e. The number of carboxylic acid groups (broad SMARTS) is 1. The number of urea groups is 1. The van der Waals surface area contributed by atoms with Crippen molar-refractivity contribution in [3.63, 3.8) is 0 Å². The number of carbonyl (C=O) groups is 3. The van der Waals surface area contributed by atoms with E-state index in [1.54, 1.807) is 0 Å². The summed E-state index contributed by atoms with van der Waals surface area (Å²) >= 11 is 0. The van der Waals surface area contributed by atoms with Crippen molar-refractivity contribution < 1.29 is 44.3 Å². The predicted molar refractivity (Wildman–Crippen MR) is 75.8 cm³/mol. The van der Waals surface area contributed by atoms with Crippen molar-refractivity contribution in [3.8, 4) is 0 Å². The lowest BCUT2D eigenvalue weighted by molar-refractivity contribution is -0.259. The van der Waals surface area contributed by atoms with Crippen LogP contribution in [0.2, 0.25) is 0 Å². The molecule has 0 saturated carbocycles. The standard InChI is InChI=1S/C10H18N2O8.CH4N2O/c11-3(1-5(14)15)9(18)20-10-6(12)8(17)7(16)4(2-13)19-10;2-1(3)4/h3-4,6-8,10,13,16-17H,1-2,11-12H2,(H,14,15);(H4,2,3,4)/t3?,4-,6-,7-,8-,10?;/m1./s1. The van der Waals surface area contributed by atoms with E-state index in [1.165, 1.54) is 0 Å². The first-order valence-electron chi connectivity index (χ1n) is 6.62. The average molecular weight is 354 g/mol. The Morgan fingerprint density at radius 3 is 2.08 bits per heavy atom. The second kappa shape index (κ2) is 9.96. The van der Waals surface area contributed by atoms with Gasteiger partial charge in [0, 0.05) is 0 Å². The van der Waals surface area contributed by atoms with Crippen LogP contribution in [-0.4, -0.2) is 81.7 Å². The van der Waals surface area contributed by atoms with Gasteiger partial charge >= 0.3 is 18.0 Å². The molecule has 2 amide bonds. The normalized spacial score (nSPS) is 30.5. The van der Waals surface area contributed by atoms with Crippen LogP contribution < -0.4 is 22.9 Å². The van der Waals surface area contributed by atoms with E-state index in [2.05, 4.69) is 11.5 Å². The maximum Gasteiger partial charge on any atom is 0.325 e. The van der Waals surface area contributed by atoms with Crippen molar-refractivity contribution in [2.24, 2.45) is 22.9 Å². The lowest BCUT2D eigenvalue weighted by Gasteiger charge is -2.40. The van der Waals surface area contributed by atoms with Gasteiger partial charge < -0.3 is 52.8 Å². The molecule has 1 heterocycles. The summed E-state index contributed by atoms with van der Waals surface area (Å²) in [6, 6.07) is -3.51. The number of aliphatic hydroxyl groups excluding tert-OH is 3. The van der Waals surface area contributed by atoms with Gasteiger partial charge in [-0.05, 0) is 0 Å². The summed E-state index contributed by atoms with van der Waals surface area (Å²) in [5, 5.41) is 36.6. The van der Waals surface area contributed by atoms with Gasteiger partial charge in [0.05, 0.1) is 19.1 Å². The Hall–Kier alpha value is -2.03. The van der Waals surface area contributed by atoms with Crippen molar-refractivity contribution in [1.82, 2.24) is 0 Å². The van der Waals surface area contributed by atoms with Gasteiger partial charge in [-0.1, -0.05) is 0 Å². The monoisotopic (exact) mass is 354 g/mol. The number of esters is 1. The number of rotatable bonds is 5. The van der Waals surface area contributed by atoms with Crippen LogP contribution in [0.25, 0.3) is 0 Å². The molecule has 24 heavy (non-hydrogen) atoms. The highest BCUT2D eigenvalue weighted by atomic mass is 16.7. The number of ether oxygens (including phenoxy) is 2. The van der Waals surface area contributed by atoms with Crippen LogP contribution in [0.3, 0.4) is 0 Å². The Morgan fingerprint density at radius 1 is 1.17 bits per heavy atom. The summed E-state index contributed by atoms with van der Waals surface area (Å²) in [5.74, 6) is -2.36. The average Bonchev–Trinajstić information content (AvgIpc) is 2.46. The fourth-order valence-corrected chi connectivity index (χ4v) is 1.68. The maximum absolute atomic E-state index is 11.5. The molecule has 1 fully saturated rings. The number of amides is 2. The number of primary amides is 2. The SMILES string of the molecule is NC(CC(=O)O)C(=O)OC1O[C@H](CO)[C@@H](O)[C@H](O)[C@H]1N.NC(N)=O. The van der Waals surface area contributed by atoms with Crippen LogP contribution in [0.4, 0.5) is 4.79 Å². The third-order valence-corrected chi connectivity index (χ3v) is 2.86. The molecule has 12 N–H and O–H groups in total. The van der Waals surface area contributed by atoms with Gasteiger partial charge in [0.15, 0.2) is 0 Å². The molecule has 0 aromatic heterocycles. The molecule has 0 radical (unpaired) electrons. The zero-order valence-corrected chi connectivity index (χ0v) is 12.5. The molecule has 13 heteroatoms. The van der Waals surface area contributed by atoms with Crippen LogP contribution in [0, 0.1) is 0 Å². The van der Waals surface area contributed by atoms with Crippen molar-refractivity contribution in [2.75, 3.05) is 6.61 Å². The van der Waals surface area contributed by atoms with Gasteiger partial charge in [-0.2, -0.15) is 0 Å². The Kier molecular flexibility index (Phi) is 9.12. The van der Waals surface area contributed by atoms with E-state index >= 15 is 0 Å². The molecular weight excluding hydrogens is 332 g/mol. The van der Waals surface area contributed by atoms with E-state index in [0.29, 0.717) is 0 Å². The molecular formula is C11H22N4O9. The molecule has 0 aromatic carbocycles. The maximum atomic E-state index is 11.5. The fraction of sp³-hybridized carbons (Fsp3) is 0.727. The second-order valence-electron chi connectivity index (χ2n) is 4.83. The largest absolute Gasteiger partial charge is 0.481 e. The predicted octanol–water partition coefficient (Wildman–Crippen LogP) is -4.88. The molecule has 140 valence electrons. The lowest BCUT2D eigenvalue weighted by Crippen LogP contribution is -2.63. The third kappa shape index (κ3) is 7.03. The van der Waals surface area contributed by atoms with E-state index in [9.17, 15) is 19.8 Å². The second-order valence-corrected chi connectivity index (χ2v) is 4.83. The summed E-state index contributed by atoms with van der Waals surface area (Å²) in [6.07, 6.45) is -6.18. The molecule has 0 bridgehead atoms. The Labute approximate surface area is 136 Å². The first kappa shape index (κ1) is 22.0. The number of hydrogen-bond donors (Lipinski definition) is 8. The quantitative estimate of drug-likeness (QED) is 0.217. The van der Waals surface area contributed by atoms with Gasteiger partial charge in [0.2, 0.25) is 6.29 Å². The lowest BCUT2D eigenvalue weighted by atomic mass is 9.98. The van der Waals surface area contributed by atoms with E-state index in [4.69, 9.17) is 35.9 Å². The van der Waals surface area contributed by atoms with Crippen LogP contribution >= 0.6 is 0 Å². The summed E-state index contributed by atoms with van der Waals surface area (Å²) in [6.45, 7) is -0.625. The van der Waals surface area contributed by atoms with Crippen LogP contribution in [0.5, 0.6) is 0 Å². The smallest absolute Gasteiger partial charge is 0.325 e. The van der Waals surface area contributed by atoms with E-state index in [-0.39, 0.29) is 0 Å². The molecule has 6 atom stereocenters. The van der Waals surface area contributed by atoms with E-state index < -0.39 is 67.7 Å². The zero-order valence-electron chi connectivity index (χ0n) is 12.5. The van der Waals surface area contributed by atoms with Gasteiger partial charge in [-0.25, -0.2) is 4.79 Å². The number of aliphatic carboxylic acids is 1. The number of hydrogen-bond acceptors (Lipinski definition) is 10. The summed E-state index contributed by atoms with van der Waals surface area (Å²) in [5.41, 5.74) is 19.3. The molecule has 1 aliphatic rings. The molecule has 0 spiro atoms. The molecule has 0 aromatic rings. The molecule has 1 saturated heterocycles. The minimum atomic E-state index is -1.48. The number of carbonyl (C=O) groups excluding carboxylic acids is 2. The summed E-state index contributed by atoms with van der Waals surface area (Å²) < 4.78 is 9.79. The highest BCUT2D eigenvalue weighted by Crippen LogP contribution is 2.21. The van der Waals surface area contributed by atoms with Gasteiger partial charge in [0.25, 0.3) is 0 Å². The molecule has 13 nitrogen and oxygen atoms in total. The third-order valence-electron chi connectivity index (χ3n) is 2.86. The molecule has 0 aliphatic carbocycles. The molecule has 1 rings (SSSR count). The van der Waals surface area contributed by atoms with Crippen molar-refractivity contribution in [2.45, 2.75) is 43.1 Å². The van der Waals surface area contributed by atoms with Crippen LogP contribution in [0.15, 0.2) is 0 Å². The highest BCUT2D eigenvalue weighted by molar-refractivity contribution is 5.81. The Morgan fingerprint density at radius 2 is 1.67 bits per heavy atom. The van der Waals surface area contributed by atoms with Crippen molar-refractivity contribution >= 4 is 18.0 Å². The number of nitrogens with two attached hydrogens (primary N) is 4. The van der Waals surface area contributed by atoms with E-state index in [0.717, 1.165) is 0 Å². The topological polar surface area (TPSA) is 255 Å². The van der Waals surface area contributed by atoms with Crippen molar-refractivity contribution in [3.05, 3.63) is 0 Å². The van der Waals surface area contributed by atoms with E-state index in [1.807, 2.05) is 0 Å². The summed E-state index contributed by atoms with van der Waals surface area (Å²) in [4.78, 5) is 30.9. The van der Waals surface area contributed by atoms with Gasteiger partial charge in [-0.3, -0.25) is 9.59 Å². The highest BCUT2D eigenvalue weighted by Gasteiger charge is 2.44. The Balaban J connectivity index is 0.00000118. The minimum absolute atomic E-state index is 0.625. The Bertz CT molecular complexity index is 443. The molecule has 1 aliphatic heterocycles. The zero-order chi connectivity index (χ0) is 19.0. The first-order valence-corrected chi connectivity index (χ1v) is 6.62. The van der Waals surface area contributed by atoms with Crippen LogP contribution in [0.1, 0.15) is 6.42 Å². The van der Waals surface area contributed by atoms with Crippen LogP contribution in [-0.2, 0) is 19.1 Å². The first-order chi connectivity index (χ1) is 11.0. The fourth-order valence-electron chi connectivity index (χ4n) is 1.68. The van der Waals surface area contributed by atoms with Gasteiger partial charge in [0.1, 0.15) is 24.4 Å². The van der Waals surface area contributed by atoms with Gasteiger partial charge in [-0.15, -0.1) is 0 Å².